The molecule has 0 saturated heterocycles. The first-order valence-corrected chi connectivity index (χ1v) is 8.91. The maximum atomic E-state index is 13.2. The lowest BCUT2D eigenvalue weighted by Crippen LogP contribution is -2.27. The molecule has 0 aliphatic heterocycles. The van der Waals surface area contributed by atoms with Gasteiger partial charge in [0.15, 0.2) is 11.4 Å². The highest BCUT2D eigenvalue weighted by Crippen LogP contribution is 2.28. The van der Waals surface area contributed by atoms with Crippen LogP contribution in [0.3, 0.4) is 0 Å². The molecule has 0 atom stereocenters. The summed E-state index contributed by atoms with van der Waals surface area (Å²) in [6.45, 7) is 1.55. The molecule has 0 spiro atoms. The molecule has 0 fully saturated rings. The van der Waals surface area contributed by atoms with Crippen molar-refractivity contribution in [1.29, 1.82) is 0 Å². The minimum absolute atomic E-state index is 0.0217. The van der Waals surface area contributed by atoms with Gasteiger partial charge in [-0.25, -0.2) is 4.39 Å². The Kier molecular flexibility index (Phi) is 5.63. The molecule has 154 valence electrons. The minimum atomic E-state index is -0.687. The number of halogens is 1. The van der Waals surface area contributed by atoms with Crippen LogP contribution in [0.5, 0.6) is 5.75 Å². The molecule has 2 aromatic carbocycles. The molecule has 2 amide bonds. The van der Waals surface area contributed by atoms with Crippen molar-refractivity contribution in [2.45, 2.75) is 6.92 Å². The molecule has 3 rings (SSSR count). The van der Waals surface area contributed by atoms with E-state index < -0.39 is 23.2 Å². The molecular weight excluding hydrogens is 391 g/mol. The van der Waals surface area contributed by atoms with Gasteiger partial charge in [0.25, 0.3) is 17.4 Å². The lowest BCUT2D eigenvalue weighted by atomic mass is 10.1. The van der Waals surface area contributed by atoms with E-state index in [-0.39, 0.29) is 28.4 Å². The number of nitrogens with zero attached hydrogens (tertiary/aromatic N) is 3. The molecule has 1 aromatic heterocycles. The molecule has 0 bridgehead atoms. The van der Waals surface area contributed by atoms with Crippen molar-refractivity contribution in [3.8, 4) is 11.4 Å². The van der Waals surface area contributed by atoms with E-state index in [0.717, 1.165) is 4.68 Å². The van der Waals surface area contributed by atoms with Crippen LogP contribution in [-0.4, -0.2) is 45.7 Å². The van der Waals surface area contributed by atoms with Crippen LogP contribution in [0.1, 0.15) is 26.4 Å². The number of nitrogens with one attached hydrogen (secondary N) is 1. The van der Waals surface area contributed by atoms with Crippen LogP contribution in [0.15, 0.2) is 53.3 Å². The fourth-order valence-electron chi connectivity index (χ4n) is 2.77. The highest BCUT2D eigenvalue weighted by molar-refractivity contribution is 6.06. The number of phenolic OH excluding ortho intramolecular Hbond substituents is 1. The zero-order chi connectivity index (χ0) is 22.0. The normalized spacial score (nSPS) is 10.5. The summed E-state index contributed by atoms with van der Waals surface area (Å²) < 4.78 is 14.2. The van der Waals surface area contributed by atoms with E-state index in [0.29, 0.717) is 5.56 Å². The first-order valence-electron chi connectivity index (χ1n) is 8.91. The summed E-state index contributed by atoms with van der Waals surface area (Å²) in [5, 5.41) is 17.0. The van der Waals surface area contributed by atoms with Gasteiger partial charge >= 0.3 is 0 Å². The minimum Gasteiger partial charge on any atom is -0.505 e. The summed E-state index contributed by atoms with van der Waals surface area (Å²) in [4.78, 5) is 38.5. The summed E-state index contributed by atoms with van der Waals surface area (Å²) in [6, 6.07) is 10.7. The van der Waals surface area contributed by atoms with E-state index in [1.54, 1.807) is 21.0 Å². The maximum absolute atomic E-state index is 13.2. The number of aromatic hydroxyl groups is 1. The average Bonchev–Trinajstić information content (AvgIpc) is 2.70. The number of anilines is 1. The van der Waals surface area contributed by atoms with E-state index in [1.807, 2.05) is 0 Å². The molecule has 8 nitrogen and oxygen atoms in total. The second kappa shape index (κ2) is 8.16. The van der Waals surface area contributed by atoms with Gasteiger partial charge in [-0.1, -0.05) is 6.07 Å². The molecule has 2 N–H and O–H groups in total. The van der Waals surface area contributed by atoms with Gasteiger partial charge in [0.05, 0.1) is 16.9 Å². The topological polar surface area (TPSA) is 105 Å². The monoisotopic (exact) mass is 410 g/mol. The van der Waals surface area contributed by atoms with Gasteiger partial charge in [-0.2, -0.15) is 9.78 Å². The number of amides is 2. The van der Waals surface area contributed by atoms with E-state index in [1.165, 1.54) is 53.4 Å². The number of carbonyl (C=O) groups is 2. The van der Waals surface area contributed by atoms with Crippen molar-refractivity contribution >= 4 is 17.5 Å². The van der Waals surface area contributed by atoms with Crippen LogP contribution in [0, 0.1) is 12.7 Å². The number of hydrogen-bond donors (Lipinski definition) is 2. The largest absolute Gasteiger partial charge is 0.505 e. The molecule has 0 aliphatic carbocycles. The lowest BCUT2D eigenvalue weighted by molar-refractivity contribution is 0.0824. The molecule has 0 unspecified atom stereocenters. The maximum Gasteiger partial charge on any atom is 0.276 e. The SMILES string of the molecule is Cc1cc(=O)n(-c2ccc(F)cc2)nc1C(=O)Nc1cccc(C(=O)N(C)C)c1O. The number of benzene rings is 2. The van der Waals surface area contributed by atoms with E-state index in [9.17, 15) is 23.9 Å². The smallest absolute Gasteiger partial charge is 0.276 e. The second-order valence-corrected chi connectivity index (χ2v) is 6.76. The Morgan fingerprint density at radius 3 is 2.43 bits per heavy atom. The van der Waals surface area contributed by atoms with Crippen molar-refractivity contribution in [2.75, 3.05) is 19.4 Å². The standard InChI is InChI=1S/C21H19FN4O4/c1-12-11-17(27)26(14-9-7-13(22)8-10-14)24-18(12)20(29)23-16-6-4-5-15(19(16)28)21(30)25(2)3/h4-11,28H,1-3H3,(H,23,29). The molecule has 0 aliphatic rings. The summed E-state index contributed by atoms with van der Waals surface area (Å²) in [5.74, 6) is -1.97. The van der Waals surface area contributed by atoms with Crippen LogP contribution < -0.4 is 10.9 Å². The predicted molar refractivity (Wildman–Crippen MR) is 109 cm³/mol. The van der Waals surface area contributed by atoms with Gasteiger partial charge in [0.2, 0.25) is 0 Å². The third-order valence-corrected chi connectivity index (χ3v) is 4.33. The summed E-state index contributed by atoms with van der Waals surface area (Å²) in [7, 11) is 3.08. The first kappa shape index (κ1) is 20.7. The van der Waals surface area contributed by atoms with Gasteiger partial charge in [-0.05, 0) is 48.9 Å². The third kappa shape index (κ3) is 4.04. The summed E-state index contributed by atoms with van der Waals surface area (Å²) in [5.41, 5.74) is 0.0969. The summed E-state index contributed by atoms with van der Waals surface area (Å²) in [6.07, 6.45) is 0. The van der Waals surface area contributed by atoms with Crippen LogP contribution in [0.2, 0.25) is 0 Å². The Bertz CT molecular complexity index is 1190. The van der Waals surface area contributed by atoms with E-state index in [4.69, 9.17) is 0 Å². The zero-order valence-corrected chi connectivity index (χ0v) is 16.5. The Balaban J connectivity index is 1.98. The van der Waals surface area contributed by atoms with Crippen molar-refractivity contribution in [1.82, 2.24) is 14.7 Å². The van der Waals surface area contributed by atoms with Gasteiger partial charge in [-0.15, -0.1) is 0 Å². The lowest BCUT2D eigenvalue weighted by Gasteiger charge is -2.15. The van der Waals surface area contributed by atoms with Gasteiger partial charge in [0, 0.05) is 20.2 Å². The molecule has 9 heteroatoms. The van der Waals surface area contributed by atoms with Gasteiger partial charge in [-0.3, -0.25) is 14.4 Å². The number of phenols is 1. The number of para-hydroxylation sites is 1. The fraction of sp³-hybridized carbons (Fsp3) is 0.143. The zero-order valence-electron chi connectivity index (χ0n) is 16.5. The summed E-state index contributed by atoms with van der Waals surface area (Å²) >= 11 is 0. The van der Waals surface area contributed by atoms with Crippen molar-refractivity contribution in [2.24, 2.45) is 0 Å². The quantitative estimate of drug-likeness (QED) is 0.643. The number of aromatic nitrogens is 2. The molecule has 0 radical (unpaired) electrons. The van der Waals surface area contributed by atoms with Crippen LogP contribution in [-0.2, 0) is 0 Å². The Hall–Kier alpha value is -4.01. The number of aryl methyl sites for hydroxylation is 1. The van der Waals surface area contributed by atoms with Crippen molar-refractivity contribution in [3.05, 3.63) is 81.5 Å². The first-order chi connectivity index (χ1) is 14.2. The van der Waals surface area contributed by atoms with Crippen LogP contribution in [0.25, 0.3) is 5.69 Å². The average molecular weight is 410 g/mol. The Morgan fingerprint density at radius 2 is 1.80 bits per heavy atom. The van der Waals surface area contributed by atoms with Crippen molar-refractivity contribution < 1.29 is 19.1 Å². The third-order valence-electron chi connectivity index (χ3n) is 4.33. The fourth-order valence-corrected chi connectivity index (χ4v) is 2.77. The van der Waals surface area contributed by atoms with E-state index in [2.05, 4.69) is 10.4 Å². The Morgan fingerprint density at radius 1 is 1.13 bits per heavy atom. The van der Waals surface area contributed by atoms with Crippen LogP contribution >= 0.6 is 0 Å². The number of carbonyl (C=O) groups excluding carboxylic acids is 2. The highest BCUT2D eigenvalue weighted by atomic mass is 19.1. The molecule has 0 saturated carbocycles. The second-order valence-electron chi connectivity index (χ2n) is 6.76. The highest BCUT2D eigenvalue weighted by Gasteiger charge is 2.20. The number of hydrogen-bond acceptors (Lipinski definition) is 5. The molecule has 3 aromatic rings. The Labute approximate surface area is 171 Å². The predicted octanol–water partition coefficient (Wildman–Crippen LogP) is 2.34. The molecular formula is C21H19FN4O4. The van der Waals surface area contributed by atoms with Gasteiger partial charge in [0.1, 0.15) is 5.82 Å². The number of rotatable bonds is 4. The van der Waals surface area contributed by atoms with Gasteiger partial charge < -0.3 is 15.3 Å². The molecule has 30 heavy (non-hydrogen) atoms. The van der Waals surface area contributed by atoms with Crippen LogP contribution in [0.4, 0.5) is 10.1 Å². The molecule has 1 heterocycles. The van der Waals surface area contributed by atoms with E-state index >= 15 is 0 Å². The van der Waals surface area contributed by atoms with Crippen molar-refractivity contribution in [3.63, 3.8) is 0 Å².